The topological polar surface area (TPSA) is 15.3 Å². The molecule has 2 rings (SSSR count). The molecule has 0 spiro atoms. The van der Waals surface area contributed by atoms with Crippen LogP contribution in [0.1, 0.15) is 53.4 Å². The molecule has 0 aromatic rings. The molecule has 1 saturated heterocycles. The van der Waals surface area contributed by atoms with Crippen LogP contribution in [-0.2, 0) is 0 Å². The number of piperazine rings is 1. The van der Waals surface area contributed by atoms with Gasteiger partial charge in [-0.15, -0.1) is 0 Å². The molecule has 1 aliphatic carbocycles. The Morgan fingerprint density at radius 1 is 1.22 bits per heavy atom. The van der Waals surface area contributed by atoms with Gasteiger partial charge in [0.2, 0.25) is 0 Å². The zero-order valence-corrected chi connectivity index (χ0v) is 12.8. The summed E-state index contributed by atoms with van der Waals surface area (Å²) < 4.78 is 0. The maximum atomic E-state index is 3.70. The molecule has 4 atom stereocenters. The van der Waals surface area contributed by atoms with E-state index in [4.69, 9.17) is 0 Å². The fourth-order valence-corrected chi connectivity index (χ4v) is 3.71. The number of nitrogens with one attached hydrogen (secondary N) is 1. The van der Waals surface area contributed by atoms with Crippen LogP contribution in [0.3, 0.4) is 0 Å². The molecule has 0 aromatic heterocycles. The standard InChI is InChI=1S/C16H32N2/c1-12(2)16-11-18(14(4)9-17-16)10-15-7-5-6-13(3)8-15/h12-17H,5-11H2,1-4H3. The third-order valence-corrected chi connectivity index (χ3v) is 5.07. The van der Waals surface area contributed by atoms with Crippen molar-refractivity contribution in [3.63, 3.8) is 0 Å². The Morgan fingerprint density at radius 2 is 2.00 bits per heavy atom. The highest BCUT2D eigenvalue weighted by Gasteiger charge is 2.29. The minimum atomic E-state index is 0.696. The summed E-state index contributed by atoms with van der Waals surface area (Å²) in [5.74, 6) is 2.68. The largest absolute Gasteiger partial charge is 0.311 e. The molecule has 0 radical (unpaired) electrons. The van der Waals surface area contributed by atoms with E-state index in [9.17, 15) is 0 Å². The Hall–Kier alpha value is -0.0800. The highest BCUT2D eigenvalue weighted by molar-refractivity contribution is 4.87. The van der Waals surface area contributed by atoms with E-state index < -0.39 is 0 Å². The molecule has 2 aliphatic rings. The van der Waals surface area contributed by atoms with Gasteiger partial charge in [0.05, 0.1) is 0 Å². The van der Waals surface area contributed by atoms with Crippen LogP contribution in [0.5, 0.6) is 0 Å². The summed E-state index contributed by atoms with van der Waals surface area (Å²) in [4.78, 5) is 2.75. The molecule has 1 saturated carbocycles. The summed E-state index contributed by atoms with van der Waals surface area (Å²) in [6.45, 7) is 13.3. The molecule has 1 N–H and O–H groups in total. The molecule has 4 unspecified atom stereocenters. The summed E-state index contributed by atoms with van der Waals surface area (Å²) in [5.41, 5.74) is 0. The predicted molar refractivity (Wildman–Crippen MR) is 78.8 cm³/mol. The summed E-state index contributed by atoms with van der Waals surface area (Å²) in [6, 6.07) is 1.42. The number of rotatable bonds is 3. The van der Waals surface area contributed by atoms with Crippen molar-refractivity contribution in [1.82, 2.24) is 10.2 Å². The molecule has 2 nitrogen and oxygen atoms in total. The summed E-state index contributed by atoms with van der Waals surface area (Å²) in [7, 11) is 0. The Labute approximate surface area is 114 Å². The van der Waals surface area contributed by atoms with Crippen LogP contribution in [0.2, 0.25) is 0 Å². The van der Waals surface area contributed by atoms with Crippen molar-refractivity contribution in [3.05, 3.63) is 0 Å². The van der Waals surface area contributed by atoms with Gasteiger partial charge in [-0.2, -0.15) is 0 Å². The van der Waals surface area contributed by atoms with Crippen molar-refractivity contribution in [3.8, 4) is 0 Å². The van der Waals surface area contributed by atoms with E-state index in [0.29, 0.717) is 6.04 Å². The summed E-state index contributed by atoms with van der Waals surface area (Å²) >= 11 is 0. The second-order valence-corrected chi connectivity index (χ2v) is 7.20. The fourth-order valence-electron chi connectivity index (χ4n) is 3.71. The van der Waals surface area contributed by atoms with Crippen molar-refractivity contribution >= 4 is 0 Å². The van der Waals surface area contributed by atoms with Gasteiger partial charge in [-0.05, 0) is 37.5 Å². The molecule has 1 aliphatic heterocycles. The lowest BCUT2D eigenvalue weighted by Gasteiger charge is -2.43. The van der Waals surface area contributed by atoms with E-state index in [0.717, 1.165) is 23.8 Å². The predicted octanol–water partition coefficient (Wildman–Crippen LogP) is 3.13. The van der Waals surface area contributed by atoms with E-state index in [1.54, 1.807) is 0 Å². The number of hydrogen-bond donors (Lipinski definition) is 1. The van der Waals surface area contributed by atoms with Crippen molar-refractivity contribution in [1.29, 1.82) is 0 Å². The van der Waals surface area contributed by atoms with Crippen LogP contribution in [0.15, 0.2) is 0 Å². The lowest BCUT2D eigenvalue weighted by molar-refractivity contribution is 0.0895. The van der Waals surface area contributed by atoms with Crippen LogP contribution in [0, 0.1) is 17.8 Å². The normalized spacial score (nSPS) is 39.2. The molecule has 1 heterocycles. The van der Waals surface area contributed by atoms with E-state index in [1.807, 2.05) is 0 Å². The first-order chi connectivity index (χ1) is 8.56. The van der Waals surface area contributed by atoms with Gasteiger partial charge in [-0.1, -0.05) is 33.6 Å². The van der Waals surface area contributed by atoms with Gasteiger partial charge in [0.25, 0.3) is 0 Å². The SMILES string of the molecule is CC1CCCC(CN2CC(C(C)C)NCC2C)C1. The first-order valence-electron chi connectivity index (χ1n) is 8.03. The van der Waals surface area contributed by atoms with Gasteiger partial charge in [0.15, 0.2) is 0 Å². The van der Waals surface area contributed by atoms with E-state index in [2.05, 4.69) is 37.9 Å². The quantitative estimate of drug-likeness (QED) is 0.830. The molecular formula is C16H32N2. The summed E-state index contributed by atoms with van der Waals surface area (Å²) in [5, 5.41) is 3.70. The third kappa shape index (κ3) is 3.71. The zero-order valence-electron chi connectivity index (χ0n) is 12.8. The van der Waals surface area contributed by atoms with Gasteiger partial charge >= 0.3 is 0 Å². The second-order valence-electron chi connectivity index (χ2n) is 7.20. The average molecular weight is 252 g/mol. The van der Waals surface area contributed by atoms with Gasteiger partial charge < -0.3 is 5.32 Å². The maximum absolute atomic E-state index is 3.70. The van der Waals surface area contributed by atoms with Crippen LogP contribution in [-0.4, -0.2) is 36.6 Å². The third-order valence-electron chi connectivity index (χ3n) is 5.07. The minimum Gasteiger partial charge on any atom is -0.311 e. The van der Waals surface area contributed by atoms with Gasteiger partial charge in [0, 0.05) is 31.7 Å². The van der Waals surface area contributed by atoms with Crippen LogP contribution >= 0.6 is 0 Å². The molecule has 106 valence electrons. The highest BCUT2D eigenvalue weighted by Crippen LogP contribution is 2.30. The molecule has 2 fully saturated rings. The number of hydrogen-bond acceptors (Lipinski definition) is 2. The molecular weight excluding hydrogens is 220 g/mol. The van der Waals surface area contributed by atoms with Gasteiger partial charge in [-0.3, -0.25) is 4.90 Å². The van der Waals surface area contributed by atoms with Crippen LogP contribution in [0.25, 0.3) is 0 Å². The van der Waals surface area contributed by atoms with Crippen molar-refractivity contribution in [2.45, 2.75) is 65.5 Å². The Morgan fingerprint density at radius 3 is 2.67 bits per heavy atom. The molecule has 2 heteroatoms. The molecule has 0 bridgehead atoms. The maximum Gasteiger partial charge on any atom is 0.0218 e. The molecule has 18 heavy (non-hydrogen) atoms. The van der Waals surface area contributed by atoms with Crippen molar-refractivity contribution < 1.29 is 0 Å². The minimum absolute atomic E-state index is 0.696. The first kappa shape index (κ1) is 14.3. The smallest absolute Gasteiger partial charge is 0.0218 e. The first-order valence-corrected chi connectivity index (χ1v) is 8.03. The van der Waals surface area contributed by atoms with Crippen molar-refractivity contribution in [2.75, 3.05) is 19.6 Å². The lowest BCUT2D eigenvalue weighted by atomic mass is 9.82. The Bertz CT molecular complexity index is 251. The Balaban J connectivity index is 1.86. The fraction of sp³-hybridized carbons (Fsp3) is 1.00. The van der Waals surface area contributed by atoms with E-state index in [1.165, 1.54) is 45.3 Å². The van der Waals surface area contributed by atoms with Crippen molar-refractivity contribution in [2.24, 2.45) is 17.8 Å². The number of nitrogens with zero attached hydrogens (tertiary/aromatic N) is 1. The van der Waals surface area contributed by atoms with E-state index >= 15 is 0 Å². The van der Waals surface area contributed by atoms with Crippen LogP contribution in [0.4, 0.5) is 0 Å². The van der Waals surface area contributed by atoms with Gasteiger partial charge in [-0.25, -0.2) is 0 Å². The van der Waals surface area contributed by atoms with Crippen LogP contribution < -0.4 is 5.32 Å². The zero-order chi connectivity index (χ0) is 13.1. The molecule has 0 aromatic carbocycles. The lowest BCUT2D eigenvalue weighted by Crippen LogP contribution is -2.58. The summed E-state index contributed by atoms with van der Waals surface area (Å²) in [6.07, 6.45) is 5.85. The second kappa shape index (κ2) is 6.38. The average Bonchev–Trinajstić information content (AvgIpc) is 2.31. The monoisotopic (exact) mass is 252 g/mol. The van der Waals surface area contributed by atoms with E-state index in [-0.39, 0.29) is 0 Å². The molecule has 0 amide bonds. The Kier molecular flexibility index (Phi) is 5.08. The highest BCUT2D eigenvalue weighted by atomic mass is 15.2. The van der Waals surface area contributed by atoms with Gasteiger partial charge in [0.1, 0.15) is 0 Å².